The monoisotopic (exact) mass is 662 g/mol. The van der Waals surface area contributed by atoms with Gasteiger partial charge in [0.15, 0.2) is 0 Å². The Hall–Kier alpha value is -5.81. The first-order valence-corrected chi connectivity index (χ1v) is 17.0. The second-order valence-electron chi connectivity index (χ2n) is 12.6. The number of hydrogen-bond donors (Lipinski definition) is 0. The van der Waals surface area contributed by atoms with Crippen molar-refractivity contribution in [1.82, 2.24) is 0 Å². The summed E-state index contributed by atoms with van der Waals surface area (Å²) in [5.41, 5.74) is 6.89. The third-order valence-corrected chi connectivity index (χ3v) is 8.72. The van der Waals surface area contributed by atoms with Crippen LogP contribution in [0.4, 0.5) is 0 Å². The SMILES string of the molecule is Cc1cc(Oc2ccc(Oc3ccccc3)cc2)cc(C)c1CCC(=O)CCc1c(C)cc(Oc2ccc(Oc3ccccc3)cc2)cc1C. The molecule has 0 aliphatic rings. The molecule has 5 heteroatoms. The van der Waals surface area contributed by atoms with Gasteiger partial charge in [0, 0.05) is 12.8 Å². The van der Waals surface area contributed by atoms with Crippen LogP contribution in [0.1, 0.15) is 46.2 Å². The summed E-state index contributed by atoms with van der Waals surface area (Å²) >= 11 is 0. The molecule has 0 amide bonds. The molecule has 0 saturated carbocycles. The van der Waals surface area contributed by atoms with Crippen LogP contribution in [-0.2, 0) is 17.6 Å². The minimum absolute atomic E-state index is 0.263. The predicted octanol–water partition coefficient (Wildman–Crippen LogP) is 12.2. The van der Waals surface area contributed by atoms with E-state index in [0.29, 0.717) is 25.7 Å². The maximum absolute atomic E-state index is 13.1. The zero-order valence-corrected chi connectivity index (χ0v) is 29.1. The van der Waals surface area contributed by atoms with Crippen molar-refractivity contribution < 1.29 is 23.7 Å². The van der Waals surface area contributed by atoms with Gasteiger partial charge in [-0.25, -0.2) is 0 Å². The third kappa shape index (κ3) is 9.20. The third-order valence-electron chi connectivity index (χ3n) is 8.72. The molecule has 0 N–H and O–H groups in total. The molecule has 0 aliphatic heterocycles. The molecule has 5 nitrogen and oxygen atoms in total. The van der Waals surface area contributed by atoms with E-state index in [1.807, 2.05) is 133 Å². The van der Waals surface area contributed by atoms with E-state index in [0.717, 1.165) is 68.2 Å². The van der Waals surface area contributed by atoms with E-state index in [1.54, 1.807) is 0 Å². The molecule has 50 heavy (non-hydrogen) atoms. The average molecular weight is 663 g/mol. The minimum atomic E-state index is 0.263. The predicted molar refractivity (Wildman–Crippen MR) is 200 cm³/mol. The number of benzene rings is 6. The molecule has 0 saturated heterocycles. The van der Waals surface area contributed by atoms with Gasteiger partial charge in [0.05, 0.1) is 0 Å². The zero-order chi connectivity index (χ0) is 34.9. The Morgan fingerprint density at radius 1 is 0.380 bits per heavy atom. The molecule has 0 bridgehead atoms. The van der Waals surface area contributed by atoms with E-state index in [4.69, 9.17) is 18.9 Å². The molecule has 6 rings (SSSR count). The fourth-order valence-electron chi connectivity index (χ4n) is 6.14. The van der Waals surface area contributed by atoms with Crippen molar-refractivity contribution in [3.63, 3.8) is 0 Å². The summed E-state index contributed by atoms with van der Waals surface area (Å²) in [6, 6.07) is 42.8. The Morgan fingerprint density at radius 2 is 0.640 bits per heavy atom. The van der Waals surface area contributed by atoms with Gasteiger partial charge in [0.2, 0.25) is 0 Å². The van der Waals surface area contributed by atoms with Gasteiger partial charge in [-0.3, -0.25) is 4.79 Å². The molecule has 0 aromatic heterocycles. The van der Waals surface area contributed by atoms with Gasteiger partial charge in [-0.1, -0.05) is 36.4 Å². The minimum Gasteiger partial charge on any atom is -0.457 e. The second kappa shape index (κ2) is 16.1. The van der Waals surface area contributed by atoms with Crippen molar-refractivity contribution in [2.24, 2.45) is 0 Å². The number of Topliss-reactive ketones (excluding diaryl/α,β-unsaturated/α-hetero) is 1. The van der Waals surface area contributed by atoms with Gasteiger partial charge in [0.25, 0.3) is 0 Å². The number of carbonyl (C=O) groups excluding carboxylic acids is 1. The van der Waals surface area contributed by atoms with Crippen LogP contribution in [0.3, 0.4) is 0 Å². The van der Waals surface area contributed by atoms with E-state index in [1.165, 1.54) is 11.1 Å². The summed E-state index contributed by atoms with van der Waals surface area (Å²) in [5, 5.41) is 0. The maximum Gasteiger partial charge on any atom is 0.133 e. The summed E-state index contributed by atoms with van der Waals surface area (Å²) in [6.07, 6.45) is 2.44. The van der Waals surface area contributed by atoms with Crippen LogP contribution in [0.15, 0.2) is 133 Å². The number of ketones is 1. The van der Waals surface area contributed by atoms with Crippen LogP contribution in [0.5, 0.6) is 46.0 Å². The summed E-state index contributed by atoms with van der Waals surface area (Å²) in [4.78, 5) is 13.1. The topological polar surface area (TPSA) is 54.0 Å². The van der Waals surface area contributed by atoms with E-state index in [-0.39, 0.29) is 5.78 Å². The Bertz CT molecular complexity index is 1840. The molecule has 0 fully saturated rings. The molecule has 0 spiro atoms. The maximum atomic E-state index is 13.1. The summed E-state index contributed by atoms with van der Waals surface area (Å²) in [7, 11) is 0. The van der Waals surface area contributed by atoms with Gasteiger partial charge < -0.3 is 18.9 Å². The Balaban J connectivity index is 0.986. The van der Waals surface area contributed by atoms with Gasteiger partial charge in [-0.05, 0) is 171 Å². The zero-order valence-electron chi connectivity index (χ0n) is 29.1. The van der Waals surface area contributed by atoms with Crippen molar-refractivity contribution in [3.05, 3.63) is 167 Å². The summed E-state index contributed by atoms with van der Waals surface area (Å²) in [6.45, 7) is 8.33. The van der Waals surface area contributed by atoms with Gasteiger partial charge in [0.1, 0.15) is 51.8 Å². The number of rotatable bonds is 14. The lowest BCUT2D eigenvalue weighted by atomic mass is 9.94. The molecular weight excluding hydrogens is 620 g/mol. The quantitative estimate of drug-likeness (QED) is 0.116. The smallest absolute Gasteiger partial charge is 0.133 e. The lowest BCUT2D eigenvalue weighted by Crippen LogP contribution is -2.06. The molecule has 0 atom stereocenters. The number of carbonyl (C=O) groups is 1. The summed E-state index contributed by atoms with van der Waals surface area (Å²) < 4.78 is 24.1. The van der Waals surface area contributed by atoms with Gasteiger partial charge in [-0.15, -0.1) is 0 Å². The standard InChI is InChI=1S/C45H42O5/c1-31-27-42(49-40-21-17-38(18-22-40)47-36-11-7-5-8-12-36)28-32(2)44(31)25-15-35(46)16-26-45-33(3)29-43(30-34(45)4)50-41-23-19-39(20-24-41)48-37-13-9-6-10-14-37/h5-14,17-24,27-30H,15-16,25-26H2,1-4H3. The highest BCUT2D eigenvalue weighted by Gasteiger charge is 2.13. The molecule has 6 aromatic rings. The first-order chi connectivity index (χ1) is 24.3. The Morgan fingerprint density at radius 3 is 0.940 bits per heavy atom. The van der Waals surface area contributed by atoms with Crippen LogP contribution < -0.4 is 18.9 Å². The molecule has 252 valence electrons. The van der Waals surface area contributed by atoms with Crippen molar-refractivity contribution in [3.8, 4) is 46.0 Å². The van der Waals surface area contributed by atoms with E-state index in [9.17, 15) is 4.79 Å². The van der Waals surface area contributed by atoms with E-state index >= 15 is 0 Å². The second-order valence-corrected chi connectivity index (χ2v) is 12.6. The fourth-order valence-corrected chi connectivity index (χ4v) is 6.14. The Kier molecular flexibility index (Phi) is 10.9. The highest BCUT2D eigenvalue weighted by Crippen LogP contribution is 2.32. The highest BCUT2D eigenvalue weighted by molar-refractivity contribution is 5.79. The fraction of sp³-hybridized carbons (Fsp3) is 0.178. The molecule has 0 aliphatic carbocycles. The van der Waals surface area contributed by atoms with Crippen molar-refractivity contribution in [1.29, 1.82) is 0 Å². The van der Waals surface area contributed by atoms with Gasteiger partial charge >= 0.3 is 0 Å². The van der Waals surface area contributed by atoms with Gasteiger partial charge in [-0.2, -0.15) is 0 Å². The van der Waals surface area contributed by atoms with Crippen molar-refractivity contribution in [2.45, 2.75) is 53.4 Å². The first kappa shape index (κ1) is 34.1. The van der Waals surface area contributed by atoms with Crippen LogP contribution in [-0.4, -0.2) is 5.78 Å². The van der Waals surface area contributed by atoms with Crippen LogP contribution in [0.25, 0.3) is 0 Å². The number of para-hydroxylation sites is 2. The molecule has 0 heterocycles. The van der Waals surface area contributed by atoms with Crippen LogP contribution in [0.2, 0.25) is 0 Å². The molecule has 0 radical (unpaired) electrons. The Labute approximate surface area is 295 Å². The van der Waals surface area contributed by atoms with Crippen molar-refractivity contribution >= 4 is 5.78 Å². The van der Waals surface area contributed by atoms with Crippen molar-refractivity contribution in [2.75, 3.05) is 0 Å². The lowest BCUT2D eigenvalue weighted by molar-refractivity contribution is -0.119. The largest absolute Gasteiger partial charge is 0.457 e. The normalized spacial score (nSPS) is 10.8. The number of hydrogen-bond acceptors (Lipinski definition) is 5. The number of aryl methyl sites for hydroxylation is 4. The van der Waals surface area contributed by atoms with Crippen LogP contribution in [0, 0.1) is 27.7 Å². The van der Waals surface area contributed by atoms with E-state index < -0.39 is 0 Å². The first-order valence-electron chi connectivity index (χ1n) is 17.0. The summed E-state index contributed by atoms with van der Waals surface area (Å²) in [5.74, 6) is 6.37. The average Bonchev–Trinajstić information content (AvgIpc) is 3.10. The molecule has 6 aromatic carbocycles. The lowest BCUT2D eigenvalue weighted by Gasteiger charge is -2.15. The molecular formula is C45H42O5. The highest BCUT2D eigenvalue weighted by atomic mass is 16.5. The number of ether oxygens (including phenoxy) is 4. The molecule has 0 unspecified atom stereocenters. The van der Waals surface area contributed by atoms with E-state index in [2.05, 4.69) is 27.7 Å². The van der Waals surface area contributed by atoms with Crippen LogP contribution >= 0.6 is 0 Å².